The van der Waals surface area contributed by atoms with E-state index in [0.29, 0.717) is 11.5 Å². The van der Waals surface area contributed by atoms with Crippen LogP contribution in [0.25, 0.3) is 0 Å². The summed E-state index contributed by atoms with van der Waals surface area (Å²) in [6.45, 7) is 2.43. The van der Waals surface area contributed by atoms with Crippen LogP contribution < -0.4 is 5.73 Å². The van der Waals surface area contributed by atoms with E-state index < -0.39 is 0 Å². The van der Waals surface area contributed by atoms with Gasteiger partial charge in [-0.3, -0.25) is 0 Å². The van der Waals surface area contributed by atoms with Gasteiger partial charge in [-0.25, -0.2) is 0 Å². The molecule has 2 rings (SSSR count). The van der Waals surface area contributed by atoms with E-state index >= 15 is 0 Å². The molecule has 0 aliphatic heterocycles. The Balaban J connectivity index is 1.91. The lowest BCUT2D eigenvalue weighted by Crippen LogP contribution is -2.38. The van der Waals surface area contributed by atoms with Gasteiger partial charge in [0, 0.05) is 6.04 Å². The molecule has 0 atom stereocenters. The highest BCUT2D eigenvalue weighted by Gasteiger charge is 2.38. The van der Waals surface area contributed by atoms with Gasteiger partial charge in [-0.2, -0.15) is 0 Å². The van der Waals surface area contributed by atoms with Gasteiger partial charge in [0.1, 0.15) is 0 Å². The number of nitrogens with two attached hydrogens (primary N) is 1. The maximum atomic E-state index is 9.56. The maximum Gasteiger partial charge on any atom is 0.0540 e. The van der Waals surface area contributed by atoms with Crippen LogP contribution in [0.5, 0.6) is 0 Å². The highest BCUT2D eigenvalue weighted by atomic mass is 16.3. The van der Waals surface area contributed by atoms with Crippen molar-refractivity contribution in [3.8, 4) is 0 Å². The van der Waals surface area contributed by atoms with Crippen LogP contribution in [0.3, 0.4) is 0 Å². The monoisotopic (exact) mass is 211 g/mol. The van der Waals surface area contributed by atoms with Gasteiger partial charge in [0.15, 0.2) is 0 Å². The Hall–Kier alpha value is -0.0800. The molecule has 88 valence electrons. The Kier molecular flexibility index (Phi) is 3.36. The molecule has 0 heterocycles. The zero-order valence-electron chi connectivity index (χ0n) is 9.91. The highest BCUT2D eigenvalue weighted by molar-refractivity contribution is 4.90. The van der Waals surface area contributed by atoms with Crippen molar-refractivity contribution in [2.24, 2.45) is 17.1 Å². The molecule has 0 aromatic carbocycles. The van der Waals surface area contributed by atoms with Crippen LogP contribution in [0.2, 0.25) is 0 Å². The van der Waals surface area contributed by atoms with E-state index in [1.54, 1.807) is 0 Å². The van der Waals surface area contributed by atoms with Crippen LogP contribution in [-0.2, 0) is 0 Å². The highest BCUT2D eigenvalue weighted by Crippen LogP contribution is 2.47. The molecule has 2 fully saturated rings. The Morgan fingerprint density at radius 1 is 1.00 bits per heavy atom. The molecule has 0 radical (unpaired) electrons. The number of aliphatic hydroxyl groups excluding tert-OH is 1. The summed E-state index contributed by atoms with van der Waals surface area (Å²) in [6, 6.07) is 0.457. The lowest BCUT2D eigenvalue weighted by molar-refractivity contribution is 0.0220. The van der Waals surface area contributed by atoms with E-state index in [9.17, 15) is 5.11 Å². The minimum absolute atomic E-state index is 0.0241. The third-order valence-electron chi connectivity index (χ3n) is 4.85. The van der Waals surface area contributed by atoms with Crippen LogP contribution in [-0.4, -0.2) is 17.3 Å². The molecule has 2 heteroatoms. The van der Waals surface area contributed by atoms with Crippen molar-refractivity contribution in [1.29, 1.82) is 0 Å². The fourth-order valence-corrected chi connectivity index (χ4v) is 3.49. The van der Waals surface area contributed by atoms with Crippen LogP contribution in [0, 0.1) is 11.3 Å². The van der Waals surface area contributed by atoms with E-state index in [4.69, 9.17) is 5.73 Å². The van der Waals surface area contributed by atoms with Gasteiger partial charge < -0.3 is 10.8 Å². The van der Waals surface area contributed by atoms with Crippen molar-refractivity contribution >= 4 is 0 Å². The average Bonchev–Trinajstić information content (AvgIpc) is 2.24. The first kappa shape index (κ1) is 11.4. The van der Waals surface area contributed by atoms with Gasteiger partial charge in [0.05, 0.1) is 6.10 Å². The number of hydrogen-bond acceptors (Lipinski definition) is 2. The summed E-state index contributed by atoms with van der Waals surface area (Å²) < 4.78 is 0. The first-order valence-electron chi connectivity index (χ1n) is 6.54. The Bertz CT molecular complexity index is 201. The molecular weight excluding hydrogens is 186 g/mol. The fourth-order valence-electron chi connectivity index (χ4n) is 3.49. The van der Waals surface area contributed by atoms with Crippen LogP contribution >= 0.6 is 0 Å². The SMILES string of the molecule is CC1(C2CCC(N)CC2)CCC(O)CC1. The smallest absolute Gasteiger partial charge is 0.0540 e. The van der Waals surface area contributed by atoms with E-state index in [1.165, 1.54) is 38.5 Å². The van der Waals surface area contributed by atoms with Crippen molar-refractivity contribution in [2.45, 2.75) is 70.4 Å². The third-order valence-corrected chi connectivity index (χ3v) is 4.85. The number of aliphatic hydroxyl groups is 1. The van der Waals surface area contributed by atoms with E-state index in [-0.39, 0.29) is 6.10 Å². The molecule has 2 aliphatic carbocycles. The minimum Gasteiger partial charge on any atom is -0.393 e. The molecule has 2 nitrogen and oxygen atoms in total. The van der Waals surface area contributed by atoms with E-state index in [0.717, 1.165) is 18.8 Å². The summed E-state index contributed by atoms with van der Waals surface area (Å²) in [5, 5.41) is 9.56. The number of rotatable bonds is 1. The molecule has 0 bridgehead atoms. The Morgan fingerprint density at radius 3 is 2.07 bits per heavy atom. The topological polar surface area (TPSA) is 46.2 Å². The first-order valence-corrected chi connectivity index (χ1v) is 6.54. The summed E-state index contributed by atoms with van der Waals surface area (Å²) in [5.74, 6) is 0.866. The van der Waals surface area contributed by atoms with Crippen LogP contribution in [0.1, 0.15) is 58.3 Å². The van der Waals surface area contributed by atoms with Gasteiger partial charge in [-0.15, -0.1) is 0 Å². The second-order valence-corrected chi connectivity index (χ2v) is 6.00. The lowest BCUT2D eigenvalue weighted by Gasteiger charge is -2.44. The van der Waals surface area contributed by atoms with Crippen molar-refractivity contribution in [3.63, 3.8) is 0 Å². The first-order chi connectivity index (χ1) is 7.10. The normalized spacial score (nSPS) is 47.8. The molecule has 0 unspecified atom stereocenters. The second-order valence-electron chi connectivity index (χ2n) is 6.00. The molecule has 3 N–H and O–H groups in total. The molecule has 2 saturated carbocycles. The molecular formula is C13H25NO. The second kappa shape index (κ2) is 4.42. The molecule has 0 spiro atoms. The molecule has 0 amide bonds. The van der Waals surface area contributed by atoms with Crippen LogP contribution in [0.4, 0.5) is 0 Å². The van der Waals surface area contributed by atoms with Gasteiger partial charge >= 0.3 is 0 Å². The minimum atomic E-state index is -0.0241. The standard InChI is InChI=1S/C13H25NO/c1-13(8-6-12(15)7-9-13)10-2-4-11(14)5-3-10/h10-12,15H,2-9,14H2,1H3. The van der Waals surface area contributed by atoms with E-state index in [2.05, 4.69) is 6.92 Å². The largest absolute Gasteiger partial charge is 0.393 e. The molecule has 15 heavy (non-hydrogen) atoms. The van der Waals surface area contributed by atoms with Crippen LogP contribution in [0.15, 0.2) is 0 Å². The average molecular weight is 211 g/mol. The summed E-state index contributed by atoms with van der Waals surface area (Å²) in [4.78, 5) is 0. The summed E-state index contributed by atoms with van der Waals surface area (Å²) in [7, 11) is 0. The predicted molar refractivity (Wildman–Crippen MR) is 62.5 cm³/mol. The molecule has 0 saturated heterocycles. The third kappa shape index (κ3) is 2.54. The Morgan fingerprint density at radius 2 is 1.53 bits per heavy atom. The van der Waals surface area contributed by atoms with E-state index in [1.807, 2.05) is 0 Å². The zero-order chi connectivity index (χ0) is 10.9. The van der Waals surface area contributed by atoms with Gasteiger partial charge in [0.2, 0.25) is 0 Å². The Labute approximate surface area is 93.2 Å². The summed E-state index contributed by atoms with van der Waals surface area (Å²) in [6.07, 6.45) is 9.48. The van der Waals surface area contributed by atoms with Crippen molar-refractivity contribution < 1.29 is 5.11 Å². The summed E-state index contributed by atoms with van der Waals surface area (Å²) in [5.41, 5.74) is 6.45. The van der Waals surface area contributed by atoms with Gasteiger partial charge in [-0.1, -0.05) is 6.92 Å². The van der Waals surface area contributed by atoms with Crippen molar-refractivity contribution in [1.82, 2.24) is 0 Å². The van der Waals surface area contributed by atoms with Crippen molar-refractivity contribution in [3.05, 3.63) is 0 Å². The van der Waals surface area contributed by atoms with Gasteiger partial charge in [-0.05, 0) is 62.7 Å². The quantitative estimate of drug-likeness (QED) is 0.700. The number of hydrogen-bond donors (Lipinski definition) is 2. The lowest BCUT2D eigenvalue weighted by atomic mass is 9.62. The summed E-state index contributed by atoms with van der Waals surface area (Å²) >= 11 is 0. The fraction of sp³-hybridized carbons (Fsp3) is 1.00. The van der Waals surface area contributed by atoms with Crippen molar-refractivity contribution in [2.75, 3.05) is 0 Å². The predicted octanol–water partition coefficient (Wildman–Crippen LogP) is 2.45. The van der Waals surface area contributed by atoms with Gasteiger partial charge in [0.25, 0.3) is 0 Å². The molecule has 2 aliphatic rings. The molecule has 0 aromatic heterocycles. The zero-order valence-corrected chi connectivity index (χ0v) is 9.91. The maximum absolute atomic E-state index is 9.56. The molecule has 0 aromatic rings.